The van der Waals surface area contributed by atoms with Crippen molar-refractivity contribution in [2.45, 2.75) is 39.8 Å². The van der Waals surface area contributed by atoms with Gasteiger partial charge in [0.2, 0.25) is 5.82 Å². The number of anilines is 1. The number of tetrazole rings is 1. The summed E-state index contributed by atoms with van der Waals surface area (Å²) in [4.78, 5) is 3.73. The van der Waals surface area contributed by atoms with Crippen LogP contribution in [0.4, 0.5) is 10.1 Å². The molecule has 1 aromatic heterocycles. The van der Waals surface area contributed by atoms with Crippen LogP contribution in [0.1, 0.15) is 48.4 Å². The molecule has 1 atom stereocenters. The number of aromatic nitrogens is 4. The molecule has 30 heavy (non-hydrogen) atoms. The zero-order chi connectivity index (χ0) is 21.3. The van der Waals surface area contributed by atoms with E-state index in [9.17, 15) is 4.39 Å². The smallest absolute Gasteiger partial charge is 0.214 e. The van der Waals surface area contributed by atoms with E-state index in [1.54, 1.807) is 6.07 Å². The number of rotatable bonds is 5. The molecule has 4 rings (SSSR count). The summed E-state index contributed by atoms with van der Waals surface area (Å²) >= 11 is 0. The lowest BCUT2D eigenvalue weighted by atomic mass is 10.0. The summed E-state index contributed by atoms with van der Waals surface area (Å²) in [5.74, 6) is 0.524. The standard InChI is InChI=1S/C23H29FN6/c1-16(2)30-23(25-26-27-30)22(19-9-5-6-10-20(19)24)29-14-12-28(13-15-29)21-11-7-8-17(3)18(21)4/h5-11,16,22H,12-15H2,1-4H3/p+1/t22-/m0/s1. The average Bonchev–Trinajstić information content (AvgIpc) is 3.22. The van der Waals surface area contributed by atoms with Crippen LogP contribution in [-0.4, -0.2) is 46.4 Å². The molecule has 0 unspecified atom stereocenters. The van der Waals surface area contributed by atoms with Gasteiger partial charge in [-0.1, -0.05) is 24.3 Å². The van der Waals surface area contributed by atoms with Gasteiger partial charge in [-0.25, -0.2) is 9.07 Å². The topological polar surface area (TPSA) is 51.3 Å². The van der Waals surface area contributed by atoms with E-state index in [1.807, 2.05) is 30.7 Å². The molecule has 1 aliphatic heterocycles. The largest absolute Gasteiger partial charge is 0.360 e. The quantitative estimate of drug-likeness (QED) is 0.704. The van der Waals surface area contributed by atoms with Crippen molar-refractivity contribution in [3.63, 3.8) is 0 Å². The number of nitrogens with one attached hydrogen (secondary N) is 1. The third-order valence-electron chi connectivity index (χ3n) is 6.21. The van der Waals surface area contributed by atoms with Crippen LogP contribution in [0, 0.1) is 19.7 Å². The van der Waals surface area contributed by atoms with Crippen LogP contribution in [-0.2, 0) is 0 Å². The molecule has 2 aromatic carbocycles. The Morgan fingerprint density at radius 3 is 2.43 bits per heavy atom. The van der Waals surface area contributed by atoms with Crippen LogP contribution in [0.5, 0.6) is 0 Å². The van der Waals surface area contributed by atoms with Gasteiger partial charge in [0.25, 0.3) is 0 Å². The van der Waals surface area contributed by atoms with Crippen LogP contribution in [0.2, 0.25) is 0 Å². The fourth-order valence-electron chi connectivity index (χ4n) is 4.41. The molecule has 0 bridgehead atoms. The van der Waals surface area contributed by atoms with E-state index >= 15 is 0 Å². The number of quaternary nitrogens is 1. The van der Waals surface area contributed by atoms with Crippen molar-refractivity contribution in [1.29, 1.82) is 0 Å². The lowest BCUT2D eigenvalue weighted by Gasteiger charge is -2.38. The maximum Gasteiger partial charge on any atom is 0.214 e. The van der Waals surface area contributed by atoms with Gasteiger partial charge in [-0.2, -0.15) is 0 Å². The van der Waals surface area contributed by atoms with E-state index in [-0.39, 0.29) is 17.9 Å². The van der Waals surface area contributed by atoms with E-state index in [0.717, 1.165) is 32.0 Å². The molecule has 1 saturated heterocycles. The van der Waals surface area contributed by atoms with Crippen molar-refractivity contribution in [3.05, 3.63) is 70.8 Å². The molecule has 1 N–H and O–H groups in total. The molecule has 0 amide bonds. The van der Waals surface area contributed by atoms with Crippen molar-refractivity contribution in [3.8, 4) is 0 Å². The van der Waals surface area contributed by atoms with E-state index in [2.05, 4.69) is 52.5 Å². The molecule has 0 saturated carbocycles. The Hall–Kier alpha value is -2.80. The Balaban J connectivity index is 1.64. The Kier molecular flexibility index (Phi) is 5.81. The van der Waals surface area contributed by atoms with Crippen molar-refractivity contribution in [2.75, 3.05) is 31.1 Å². The van der Waals surface area contributed by atoms with Crippen LogP contribution < -0.4 is 9.80 Å². The highest BCUT2D eigenvalue weighted by molar-refractivity contribution is 5.56. The first-order valence-electron chi connectivity index (χ1n) is 10.6. The van der Waals surface area contributed by atoms with Crippen LogP contribution in [0.15, 0.2) is 42.5 Å². The second kappa shape index (κ2) is 8.52. The van der Waals surface area contributed by atoms with E-state index in [0.29, 0.717) is 5.56 Å². The number of hydrogen-bond acceptors (Lipinski definition) is 4. The number of piperazine rings is 1. The monoisotopic (exact) mass is 409 g/mol. The van der Waals surface area contributed by atoms with Gasteiger partial charge < -0.3 is 9.80 Å². The molecule has 6 nitrogen and oxygen atoms in total. The number of nitrogens with zero attached hydrogens (tertiary/aromatic N) is 5. The average molecular weight is 410 g/mol. The first kappa shape index (κ1) is 20.5. The van der Waals surface area contributed by atoms with Crippen molar-refractivity contribution in [1.82, 2.24) is 20.2 Å². The number of aryl methyl sites for hydroxylation is 1. The molecular formula is C23H30FN6+. The van der Waals surface area contributed by atoms with E-state index < -0.39 is 0 Å². The highest BCUT2D eigenvalue weighted by Gasteiger charge is 2.36. The summed E-state index contributed by atoms with van der Waals surface area (Å²) in [6, 6.07) is 13.4. The molecule has 2 heterocycles. The van der Waals surface area contributed by atoms with Gasteiger partial charge in [0.1, 0.15) is 5.82 Å². The molecule has 0 radical (unpaired) electrons. The second-order valence-corrected chi connectivity index (χ2v) is 8.39. The van der Waals surface area contributed by atoms with Gasteiger partial charge in [-0.3, -0.25) is 0 Å². The lowest BCUT2D eigenvalue weighted by Crippen LogP contribution is -3.15. The summed E-state index contributed by atoms with van der Waals surface area (Å²) in [7, 11) is 0. The van der Waals surface area contributed by atoms with E-state index in [4.69, 9.17) is 0 Å². The number of benzene rings is 2. The third kappa shape index (κ3) is 3.81. The normalized spacial score (nSPS) is 16.3. The highest BCUT2D eigenvalue weighted by atomic mass is 19.1. The minimum Gasteiger partial charge on any atom is -0.360 e. The summed E-state index contributed by atoms with van der Waals surface area (Å²) in [5, 5.41) is 12.4. The van der Waals surface area contributed by atoms with Crippen molar-refractivity contribution in [2.24, 2.45) is 0 Å². The van der Waals surface area contributed by atoms with Crippen molar-refractivity contribution < 1.29 is 9.29 Å². The number of halogens is 1. The number of hydrogen-bond donors (Lipinski definition) is 1. The lowest BCUT2D eigenvalue weighted by molar-refractivity contribution is -0.927. The maximum atomic E-state index is 14.9. The van der Waals surface area contributed by atoms with Gasteiger partial charge in [-0.05, 0) is 67.4 Å². The molecule has 7 heteroatoms. The van der Waals surface area contributed by atoms with Crippen LogP contribution >= 0.6 is 0 Å². The summed E-state index contributed by atoms with van der Waals surface area (Å²) in [6.45, 7) is 12.0. The molecule has 1 aliphatic rings. The first-order chi connectivity index (χ1) is 14.5. The predicted octanol–water partition coefficient (Wildman–Crippen LogP) is 2.50. The zero-order valence-corrected chi connectivity index (χ0v) is 18.1. The van der Waals surface area contributed by atoms with Crippen LogP contribution in [0.25, 0.3) is 0 Å². The molecule has 0 aliphatic carbocycles. The Morgan fingerprint density at radius 1 is 1.00 bits per heavy atom. The molecule has 3 aromatic rings. The van der Waals surface area contributed by atoms with Gasteiger partial charge >= 0.3 is 0 Å². The SMILES string of the molecule is Cc1cccc(N2CC[NH+]([C@@H](c3ccccc3F)c3nnnn3C(C)C)CC2)c1C. The minimum absolute atomic E-state index is 0.111. The van der Waals surface area contributed by atoms with Gasteiger partial charge in [0.05, 0.1) is 37.8 Å². The molecule has 1 fully saturated rings. The Bertz CT molecular complexity index is 1010. The van der Waals surface area contributed by atoms with Gasteiger partial charge in [0.15, 0.2) is 6.04 Å². The van der Waals surface area contributed by atoms with Crippen LogP contribution in [0.3, 0.4) is 0 Å². The van der Waals surface area contributed by atoms with Crippen molar-refractivity contribution >= 4 is 5.69 Å². The van der Waals surface area contributed by atoms with E-state index in [1.165, 1.54) is 27.8 Å². The maximum absolute atomic E-state index is 14.9. The Labute approximate surface area is 177 Å². The summed E-state index contributed by atoms with van der Waals surface area (Å²) in [5.41, 5.74) is 4.59. The van der Waals surface area contributed by atoms with Gasteiger partial charge in [-0.15, -0.1) is 5.10 Å². The molecule has 158 valence electrons. The summed E-state index contributed by atoms with van der Waals surface area (Å²) < 4.78 is 16.7. The minimum atomic E-state index is -0.232. The van der Waals surface area contributed by atoms with Gasteiger partial charge in [0, 0.05) is 5.69 Å². The summed E-state index contributed by atoms with van der Waals surface area (Å²) in [6.07, 6.45) is 0. The molecular weight excluding hydrogens is 379 g/mol. The fraction of sp³-hybridized carbons (Fsp3) is 0.435. The second-order valence-electron chi connectivity index (χ2n) is 8.39. The third-order valence-corrected chi connectivity index (χ3v) is 6.21. The Morgan fingerprint density at radius 2 is 1.73 bits per heavy atom. The zero-order valence-electron chi connectivity index (χ0n) is 18.1. The molecule has 0 spiro atoms. The predicted molar refractivity (Wildman–Crippen MR) is 115 cm³/mol. The fourth-order valence-corrected chi connectivity index (χ4v) is 4.41. The highest BCUT2D eigenvalue weighted by Crippen LogP contribution is 2.25. The first-order valence-corrected chi connectivity index (χ1v) is 10.6.